The smallest absolute Gasteiger partial charge is 0.0427 e. The minimum absolute atomic E-state index is 0.0248. The van der Waals surface area contributed by atoms with Gasteiger partial charge in [-0.15, -0.1) is 11.6 Å². The molecule has 0 bridgehead atoms. The fraction of sp³-hybridized carbons (Fsp3) is 1.00. The standard InChI is InChI=1S/C10H22ClN/c1-6-7(2)9(11)10(4,5)8(3)12/h7-9H,6,12H2,1-5H3. The van der Waals surface area contributed by atoms with Crippen molar-refractivity contribution in [3.63, 3.8) is 0 Å². The van der Waals surface area contributed by atoms with Gasteiger partial charge in [-0.3, -0.25) is 0 Å². The SMILES string of the molecule is CCC(C)C(Cl)C(C)(C)C(C)N. The number of halogens is 1. The minimum atomic E-state index is 0.0248. The molecule has 74 valence electrons. The molecule has 0 fully saturated rings. The van der Waals surface area contributed by atoms with Crippen molar-refractivity contribution in [3.05, 3.63) is 0 Å². The van der Waals surface area contributed by atoms with Gasteiger partial charge in [0.05, 0.1) is 0 Å². The topological polar surface area (TPSA) is 26.0 Å². The number of hydrogen-bond acceptors (Lipinski definition) is 1. The van der Waals surface area contributed by atoms with Gasteiger partial charge in [0.25, 0.3) is 0 Å². The molecule has 2 N–H and O–H groups in total. The molecule has 1 nitrogen and oxygen atoms in total. The summed E-state index contributed by atoms with van der Waals surface area (Å²) in [5.41, 5.74) is 5.90. The summed E-state index contributed by atoms with van der Waals surface area (Å²) in [7, 11) is 0. The maximum atomic E-state index is 6.34. The molecule has 2 heteroatoms. The van der Waals surface area contributed by atoms with Gasteiger partial charge in [0.1, 0.15) is 0 Å². The molecular formula is C10H22ClN. The number of hydrogen-bond donors (Lipinski definition) is 1. The molecule has 0 aliphatic rings. The van der Waals surface area contributed by atoms with Crippen molar-refractivity contribution in [2.45, 2.75) is 52.5 Å². The first-order valence-corrected chi connectivity index (χ1v) is 5.17. The largest absolute Gasteiger partial charge is 0.327 e. The lowest BCUT2D eigenvalue weighted by Gasteiger charge is -2.37. The highest BCUT2D eigenvalue weighted by Crippen LogP contribution is 2.34. The lowest BCUT2D eigenvalue weighted by molar-refractivity contribution is 0.238. The summed E-state index contributed by atoms with van der Waals surface area (Å²) in [6, 6.07) is 0.147. The van der Waals surface area contributed by atoms with Gasteiger partial charge >= 0.3 is 0 Å². The van der Waals surface area contributed by atoms with Crippen molar-refractivity contribution < 1.29 is 0 Å². The first-order valence-electron chi connectivity index (χ1n) is 4.73. The molecule has 12 heavy (non-hydrogen) atoms. The van der Waals surface area contributed by atoms with Crippen molar-refractivity contribution in [2.24, 2.45) is 17.1 Å². The zero-order valence-corrected chi connectivity index (χ0v) is 9.65. The van der Waals surface area contributed by atoms with Gasteiger partial charge < -0.3 is 5.73 Å². The van der Waals surface area contributed by atoms with Crippen molar-refractivity contribution in [2.75, 3.05) is 0 Å². The van der Waals surface area contributed by atoms with E-state index in [4.69, 9.17) is 17.3 Å². The van der Waals surface area contributed by atoms with Crippen LogP contribution in [0, 0.1) is 11.3 Å². The molecule has 0 spiro atoms. The zero-order valence-electron chi connectivity index (χ0n) is 8.89. The first kappa shape index (κ1) is 12.2. The van der Waals surface area contributed by atoms with E-state index in [0.29, 0.717) is 5.92 Å². The molecule has 0 aromatic heterocycles. The summed E-state index contributed by atoms with van der Waals surface area (Å²) < 4.78 is 0. The molecule has 0 heterocycles. The summed E-state index contributed by atoms with van der Waals surface area (Å²) in [6.45, 7) is 10.7. The number of alkyl halides is 1. The lowest BCUT2D eigenvalue weighted by Crippen LogP contribution is -2.43. The third-order valence-electron chi connectivity index (χ3n) is 3.03. The van der Waals surface area contributed by atoms with Crippen LogP contribution in [0.5, 0.6) is 0 Å². The number of rotatable bonds is 4. The van der Waals surface area contributed by atoms with E-state index in [1.807, 2.05) is 6.92 Å². The molecule has 0 saturated heterocycles. The van der Waals surface area contributed by atoms with Gasteiger partial charge in [0.15, 0.2) is 0 Å². The molecule has 3 unspecified atom stereocenters. The fourth-order valence-corrected chi connectivity index (χ4v) is 1.57. The summed E-state index contributed by atoms with van der Waals surface area (Å²) in [4.78, 5) is 0. The maximum absolute atomic E-state index is 6.34. The number of nitrogens with two attached hydrogens (primary N) is 1. The van der Waals surface area contributed by atoms with Crippen LogP contribution in [0.15, 0.2) is 0 Å². The lowest BCUT2D eigenvalue weighted by atomic mass is 9.77. The molecule has 0 radical (unpaired) electrons. The van der Waals surface area contributed by atoms with Crippen LogP contribution in [-0.2, 0) is 0 Å². The van der Waals surface area contributed by atoms with Crippen LogP contribution in [0.1, 0.15) is 41.0 Å². The van der Waals surface area contributed by atoms with Gasteiger partial charge in [-0.2, -0.15) is 0 Å². The van der Waals surface area contributed by atoms with Crippen LogP contribution >= 0.6 is 11.6 Å². The summed E-state index contributed by atoms with van der Waals surface area (Å²) in [6.07, 6.45) is 1.12. The molecule has 3 atom stereocenters. The van der Waals surface area contributed by atoms with E-state index in [0.717, 1.165) is 6.42 Å². The van der Waals surface area contributed by atoms with Crippen molar-refractivity contribution in [1.82, 2.24) is 0 Å². The van der Waals surface area contributed by atoms with E-state index in [-0.39, 0.29) is 16.8 Å². The predicted octanol–water partition coefficient (Wildman–Crippen LogP) is 3.01. The van der Waals surface area contributed by atoms with E-state index in [2.05, 4.69) is 27.7 Å². The first-order chi connectivity index (χ1) is 5.34. The van der Waals surface area contributed by atoms with Crippen LogP contribution in [0.2, 0.25) is 0 Å². The Labute approximate surface area is 81.7 Å². The Morgan fingerprint density at radius 1 is 1.33 bits per heavy atom. The second-order valence-electron chi connectivity index (χ2n) is 4.40. The van der Waals surface area contributed by atoms with Crippen LogP contribution in [0.25, 0.3) is 0 Å². The van der Waals surface area contributed by atoms with E-state index in [1.54, 1.807) is 0 Å². The molecular weight excluding hydrogens is 170 g/mol. The molecule has 0 rings (SSSR count). The van der Waals surface area contributed by atoms with Gasteiger partial charge in [-0.1, -0.05) is 34.1 Å². The minimum Gasteiger partial charge on any atom is -0.327 e. The van der Waals surface area contributed by atoms with Crippen LogP contribution in [0.3, 0.4) is 0 Å². The fourth-order valence-electron chi connectivity index (χ4n) is 1.19. The highest BCUT2D eigenvalue weighted by atomic mass is 35.5. The quantitative estimate of drug-likeness (QED) is 0.680. The molecule has 0 aliphatic carbocycles. The Morgan fingerprint density at radius 3 is 2.00 bits per heavy atom. The summed E-state index contributed by atoms with van der Waals surface area (Å²) >= 11 is 6.34. The van der Waals surface area contributed by atoms with Crippen LogP contribution in [0.4, 0.5) is 0 Å². The molecule has 0 saturated carbocycles. The third kappa shape index (κ3) is 2.63. The molecule has 0 aromatic carbocycles. The second kappa shape index (κ2) is 4.48. The van der Waals surface area contributed by atoms with E-state index in [1.165, 1.54) is 0 Å². The Morgan fingerprint density at radius 2 is 1.75 bits per heavy atom. The maximum Gasteiger partial charge on any atom is 0.0427 e. The van der Waals surface area contributed by atoms with E-state index < -0.39 is 0 Å². The monoisotopic (exact) mass is 191 g/mol. The Hall–Kier alpha value is 0.250. The van der Waals surface area contributed by atoms with Crippen molar-refractivity contribution in [1.29, 1.82) is 0 Å². The molecule has 0 amide bonds. The average Bonchev–Trinajstić information content (AvgIpc) is 2.01. The highest BCUT2D eigenvalue weighted by Gasteiger charge is 2.34. The Bertz CT molecular complexity index is 132. The third-order valence-corrected chi connectivity index (χ3v) is 4.02. The molecule has 0 aromatic rings. The Balaban J connectivity index is 4.34. The van der Waals surface area contributed by atoms with Crippen LogP contribution in [-0.4, -0.2) is 11.4 Å². The summed E-state index contributed by atoms with van der Waals surface area (Å²) in [5.74, 6) is 0.535. The van der Waals surface area contributed by atoms with E-state index in [9.17, 15) is 0 Å². The highest BCUT2D eigenvalue weighted by molar-refractivity contribution is 6.21. The van der Waals surface area contributed by atoms with Crippen molar-refractivity contribution in [3.8, 4) is 0 Å². The van der Waals surface area contributed by atoms with Crippen LogP contribution < -0.4 is 5.73 Å². The predicted molar refractivity (Wildman–Crippen MR) is 56.5 cm³/mol. The summed E-state index contributed by atoms with van der Waals surface area (Å²) in [5, 5.41) is 0.169. The van der Waals surface area contributed by atoms with Gasteiger partial charge in [-0.25, -0.2) is 0 Å². The van der Waals surface area contributed by atoms with Gasteiger partial charge in [0.2, 0.25) is 0 Å². The van der Waals surface area contributed by atoms with E-state index >= 15 is 0 Å². The van der Waals surface area contributed by atoms with Gasteiger partial charge in [-0.05, 0) is 18.3 Å². The zero-order chi connectivity index (χ0) is 9.94. The molecule has 0 aliphatic heterocycles. The average molecular weight is 192 g/mol. The normalized spacial score (nSPS) is 20.2. The Kier molecular flexibility index (Phi) is 4.57. The van der Waals surface area contributed by atoms with Crippen molar-refractivity contribution >= 4 is 11.6 Å². The van der Waals surface area contributed by atoms with Gasteiger partial charge in [0, 0.05) is 11.4 Å². The second-order valence-corrected chi connectivity index (χ2v) is 4.87.